The molecule has 0 bridgehead atoms. The number of carbonyl (C=O) groups excluding carboxylic acids is 1. The fraction of sp³-hybridized carbons (Fsp3) is 0.320. The molecule has 35 heavy (non-hydrogen) atoms. The molecular formula is C25H26ClN7O2. The Morgan fingerprint density at radius 3 is 2.83 bits per heavy atom. The van der Waals surface area contributed by atoms with Gasteiger partial charge in [-0.3, -0.25) is 14.5 Å². The predicted octanol–water partition coefficient (Wildman–Crippen LogP) is 3.87. The number of benzene rings is 1. The van der Waals surface area contributed by atoms with Crippen molar-refractivity contribution in [2.75, 3.05) is 25.5 Å². The van der Waals surface area contributed by atoms with Crippen LogP contribution in [0.25, 0.3) is 33.5 Å². The Kier molecular flexibility index (Phi) is 6.61. The number of anilines is 1. The van der Waals surface area contributed by atoms with Crippen molar-refractivity contribution in [1.82, 2.24) is 30.0 Å². The van der Waals surface area contributed by atoms with Crippen molar-refractivity contribution < 1.29 is 9.53 Å². The molecule has 4 heterocycles. The van der Waals surface area contributed by atoms with Gasteiger partial charge in [-0.25, -0.2) is 9.97 Å². The third-order valence-electron chi connectivity index (χ3n) is 6.20. The van der Waals surface area contributed by atoms with E-state index < -0.39 is 0 Å². The maximum atomic E-state index is 13.0. The number of halogens is 1. The summed E-state index contributed by atoms with van der Waals surface area (Å²) in [5.41, 5.74) is 9.22. The van der Waals surface area contributed by atoms with Crippen LogP contribution in [0.4, 0.5) is 5.82 Å². The van der Waals surface area contributed by atoms with E-state index in [9.17, 15) is 4.79 Å². The number of ether oxygens (including phenoxy) is 1. The van der Waals surface area contributed by atoms with Crippen molar-refractivity contribution in [3.63, 3.8) is 0 Å². The summed E-state index contributed by atoms with van der Waals surface area (Å²) in [6.07, 6.45) is 6.41. The Hall–Kier alpha value is -3.56. The van der Waals surface area contributed by atoms with Crippen LogP contribution in [0.2, 0.25) is 5.02 Å². The molecular weight excluding hydrogens is 466 g/mol. The monoisotopic (exact) mass is 491 g/mol. The highest BCUT2D eigenvalue weighted by molar-refractivity contribution is 6.35. The number of carbonyl (C=O) groups is 1. The number of pyridine rings is 1. The Balaban J connectivity index is 1.51. The van der Waals surface area contributed by atoms with Crippen molar-refractivity contribution in [1.29, 1.82) is 0 Å². The maximum Gasteiger partial charge on any atom is 0.273 e. The van der Waals surface area contributed by atoms with Gasteiger partial charge in [0.05, 0.1) is 16.2 Å². The molecule has 10 heteroatoms. The molecule has 180 valence electrons. The second-order valence-electron chi connectivity index (χ2n) is 8.66. The van der Waals surface area contributed by atoms with Gasteiger partial charge in [0.1, 0.15) is 11.4 Å². The topological polar surface area (TPSA) is 121 Å². The average Bonchev–Trinajstić information content (AvgIpc) is 3.30. The zero-order chi connectivity index (χ0) is 24.4. The van der Waals surface area contributed by atoms with Gasteiger partial charge >= 0.3 is 0 Å². The van der Waals surface area contributed by atoms with Gasteiger partial charge in [0.25, 0.3) is 5.91 Å². The summed E-state index contributed by atoms with van der Waals surface area (Å²) in [7, 11) is 1.82. The second-order valence-corrected chi connectivity index (χ2v) is 9.07. The van der Waals surface area contributed by atoms with Gasteiger partial charge in [-0.1, -0.05) is 17.7 Å². The number of aromatic nitrogens is 5. The van der Waals surface area contributed by atoms with E-state index in [-0.39, 0.29) is 17.4 Å². The molecule has 1 amide bonds. The highest BCUT2D eigenvalue weighted by Crippen LogP contribution is 2.34. The van der Waals surface area contributed by atoms with Gasteiger partial charge in [-0.05, 0) is 49.4 Å². The van der Waals surface area contributed by atoms with E-state index in [1.807, 2.05) is 37.5 Å². The first-order chi connectivity index (χ1) is 17.0. The Bertz CT molecular complexity index is 1380. The molecule has 0 saturated carbocycles. The van der Waals surface area contributed by atoms with E-state index >= 15 is 0 Å². The predicted molar refractivity (Wildman–Crippen MR) is 135 cm³/mol. The van der Waals surface area contributed by atoms with Gasteiger partial charge in [0, 0.05) is 50.1 Å². The summed E-state index contributed by atoms with van der Waals surface area (Å²) in [5, 5.41) is 8.75. The number of nitrogens with one attached hydrogen (secondary N) is 1. The quantitative estimate of drug-likeness (QED) is 0.420. The Morgan fingerprint density at radius 1 is 1.23 bits per heavy atom. The van der Waals surface area contributed by atoms with E-state index in [1.165, 1.54) is 0 Å². The lowest BCUT2D eigenvalue weighted by molar-refractivity contribution is 0.0636. The molecule has 5 rings (SSSR count). The lowest BCUT2D eigenvalue weighted by atomic mass is 9.97. The molecule has 1 saturated heterocycles. The minimum atomic E-state index is -0.357. The summed E-state index contributed by atoms with van der Waals surface area (Å²) in [4.78, 5) is 26.7. The first kappa shape index (κ1) is 23.2. The summed E-state index contributed by atoms with van der Waals surface area (Å²) in [5.74, 6) is 0.235. The molecule has 9 nitrogen and oxygen atoms in total. The number of fused-ring (bicyclic) bond motifs is 1. The number of hydrogen-bond donors (Lipinski definition) is 2. The molecule has 1 aromatic carbocycles. The van der Waals surface area contributed by atoms with Crippen molar-refractivity contribution in [3.8, 4) is 22.6 Å². The van der Waals surface area contributed by atoms with Gasteiger partial charge < -0.3 is 15.8 Å². The van der Waals surface area contributed by atoms with Crippen LogP contribution < -0.4 is 11.1 Å². The van der Waals surface area contributed by atoms with Crippen LogP contribution in [0.15, 0.2) is 42.7 Å². The molecule has 3 aromatic heterocycles. The number of aryl methyl sites for hydroxylation is 1. The molecule has 0 spiro atoms. The highest BCUT2D eigenvalue weighted by atomic mass is 35.5. The second kappa shape index (κ2) is 9.97. The van der Waals surface area contributed by atoms with E-state index in [2.05, 4.69) is 20.4 Å². The van der Waals surface area contributed by atoms with Gasteiger partial charge in [-0.15, -0.1) is 0 Å². The molecule has 0 aliphatic carbocycles. The first-order valence-electron chi connectivity index (χ1n) is 11.6. The maximum absolute atomic E-state index is 13.0. The SMILES string of the molecule is Cn1ccc(-c2nc(N)c(C(=O)NCCC3CCOCC3)nc2-c2cc(Cl)c3ncccc3c2)n1. The van der Waals surface area contributed by atoms with Gasteiger partial charge in [0.2, 0.25) is 0 Å². The van der Waals surface area contributed by atoms with E-state index in [4.69, 9.17) is 27.1 Å². The highest BCUT2D eigenvalue weighted by Gasteiger charge is 2.22. The van der Waals surface area contributed by atoms with Crippen LogP contribution in [0.5, 0.6) is 0 Å². The van der Waals surface area contributed by atoms with E-state index in [1.54, 1.807) is 16.9 Å². The molecule has 0 atom stereocenters. The van der Waals surface area contributed by atoms with Crippen LogP contribution in [-0.4, -0.2) is 50.4 Å². The Labute approximate surface area is 207 Å². The van der Waals surface area contributed by atoms with Crippen molar-refractivity contribution >= 4 is 34.2 Å². The molecule has 1 fully saturated rings. The zero-order valence-electron chi connectivity index (χ0n) is 19.4. The van der Waals surface area contributed by atoms with Crippen molar-refractivity contribution in [2.45, 2.75) is 19.3 Å². The number of nitrogens with two attached hydrogens (primary N) is 1. The third-order valence-corrected chi connectivity index (χ3v) is 6.49. The molecule has 1 aliphatic rings. The standard InChI is InChI=1S/C25H26ClN7O2/c1-33-10-5-19(32-33)22-21(17-13-16-3-2-8-28-20(16)18(26)14-17)30-23(24(27)31-22)25(34)29-9-4-15-6-11-35-12-7-15/h2-3,5,8,10,13-15H,4,6-7,9,11-12H2,1H3,(H2,27,31)(H,29,34). The smallest absolute Gasteiger partial charge is 0.273 e. The number of hydrogen-bond acceptors (Lipinski definition) is 7. The zero-order valence-corrected chi connectivity index (χ0v) is 20.1. The molecule has 3 N–H and O–H groups in total. The lowest BCUT2D eigenvalue weighted by Crippen LogP contribution is -2.29. The van der Waals surface area contributed by atoms with Crippen LogP contribution in [0, 0.1) is 5.92 Å². The largest absolute Gasteiger partial charge is 0.382 e. The molecule has 4 aromatic rings. The van der Waals surface area contributed by atoms with E-state index in [0.717, 1.165) is 37.9 Å². The van der Waals surface area contributed by atoms with Crippen LogP contribution in [0.1, 0.15) is 29.8 Å². The number of amides is 1. The number of nitrogen functional groups attached to an aromatic ring is 1. The summed E-state index contributed by atoms with van der Waals surface area (Å²) >= 11 is 6.55. The van der Waals surface area contributed by atoms with Crippen molar-refractivity contribution in [3.05, 3.63) is 53.4 Å². The lowest BCUT2D eigenvalue weighted by Gasteiger charge is -2.21. The average molecular weight is 492 g/mol. The summed E-state index contributed by atoms with van der Waals surface area (Å²) < 4.78 is 7.08. The van der Waals surface area contributed by atoms with E-state index in [0.29, 0.717) is 45.6 Å². The van der Waals surface area contributed by atoms with Crippen LogP contribution in [0.3, 0.4) is 0 Å². The third kappa shape index (κ3) is 4.96. The fourth-order valence-electron chi connectivity index (χ4n) is 4.33. The summed E-state index contributed by atoms with van der Waals surface area (Å²) in [6.45, 7) is 2.09. The minimum Gasteiger partial charge on any atom is -0.382 e. The first-order valence-corrected chi connectivity index (χ1v) is 12.0. The molecule has 1 aliphatic heterocycles. The Morgan fingerprint density at radius 2 is 2.06 bits per heavy atom. The van der Waals surface area contributed by atoms with Gasteiger partial charge in [-0.2, -0.15) is 5.10 Å². The molecule has 0 radical (unpaired) electrons. The van der Waals surface area contributed by atoms with Crippen LogP contribution >= 0.6 is 11.6 Å². The van der Waals surface area contributed by atoms with Crippen LogP contribution in [-0.2, 0) is 11.8 Å². The van der Waals surface area contributed by atoms with Gasteiger partial charge in [0.15, 0.2) is 11.5 Å². The normalized spacial score (nSPS) is 14.3. The summed E-state index contributed by atoms with van der Waals surface area (Å²) in [6, 6.07) is 9.29. The minimum absolute atomic E-state index is 0.0477. The number of nitrogens with zero attached hydrogens (tertiary/aromatic N) is 5. The number of rotatable bonds is 6. The fourth-order valence-corrected chi connectivity index (χ4v) is 4.61. The molecule has 0 unspecified atom stereocenters. The van der Waals surface area contributed by atoms with Crippen molar-refractivity contribution in [2.24, 2.45) is 13.0 Å².